The quantitative estimate of drug-likeness (QED) is 0.434. The van der Waals surface area contributed by atoms with Gasteiger partial charge in [-0.15, -0.1) is 0 Å². The first-order valence-corrected chi connectivity index (χ1v) is 12.5. The van der Waals surface area contributed by atoms with Crippen molar-refractivity contribution in [2.75, 3.05) is 0 Å². The van der Waals surface area contributed by atoms with Gasteiger partial charge in [0, 0.05) is 11.5 Å². The average Bonchev–Trinajstić information content (AvgIpc) is 3.11. The molecular weight excluding hydrogens is 346 g/mol. The third-order valence-corrected chi connectivity index (χ3v) is 11.1. The number of fused-ring (bicyclic) bond motifs is 1. The summed E-state index contributed by atoms with van der Waals surface area (Å²) in [7, 11) is -1.91. The van der Waals surface area contributed by atoms with Gasteiger partial charge in [0.2, 0.25) is 0 Å². The minimum absolute atomic E-state index is 0.0451. The van der Waals surface area contributed by atoms with E-state index in [9.17, 15) is 0 Å². The number of oxazole rings is 1. The lowest BCUT2D eigenvalue weighted by Gasteiger charge is -2.43. The van der Waals surface area contributed by atoms with Crippen LogP contribution in [0.1, 0.15) is 18.4 Å². The molecule has 0 radical (unpaired) electrons. The van der Waals surface area contributed by atoms with Crippen LogP contribution in [0, 0.1) is 0 Å². The second kappa shape index (κ2) is 6.82. The van der Waals surface area contributed by atoms with Gasteiger partial charge in [-0.05, 0) is 17.7 Å². The van der Waals surface area contributed by atoms with E-state index < -0.39 is 8.07 Å². The molecular formula is C24H25NOSi. The van der Waals surface area contributed by atoms with E-state index in [1.54, 1.807) is 0 Å². The molecule has 0 fully saturated rings. The van der Waals surface area contributed by atoms with Gasteiger partial charge in [0.25, 0.3) is 0 Å². The maximum Gasteiger partial charge on any atom is 0.196 e. The summed E-state index contributed by atoms with van der Waals surface area (Å²) in [6, 6.07) is 29.8. The summed E-state index contributed by atoms with van der Waals surface area (Å²) in [6.07, 6.45) is 0.791. The van der Waals surface area contributed by atoms with Crippen LogP contribution < -0.4 is 5.19 Å². The van der Waals surface area contributed by atoms with Crippen molar-refractivity contribution in [1.82, 2.24) is 4.98 Å². The predicted molar refractivity (Wildman–Crippen MR) is 115 cm³/mol. The highest BCUT2D eigenvalue weighted by molar-refractivity contribution is 6.92. The van der Waals surface area contributed by atoms with Gasteiger partial charge in [-0.3, -0.25) is 0 Å². The first kappa shape index (κ1) is 17.7. The highest BCUT2D eigenvalue weighted by atomic mass is 28.3. The van der Waals surface area contributed by atoms with Crippen LogP contribution in [0.2, 0.25) is 13.1 Å². The molecule has 1 atom stereocenters. The van der Waals surface area contributed by atoms with Crippen LogP contribution in [0.5, 0.6) is 0 Å². The number of aromatic nitrogens is 1. The molecule has 4 rings (SSSR count). The summed E-state index contributed by atoms with van der Waals surface area (Å²) >= 11 is 0. The second-order valence-corrected chi connectivity index (χ2v) is 12.9. The summed E-state index contributed by atoms with van der Waals surface area (Å²) < 4.78 is 6.13. The molecule has 0 aliphatic carbocycles. The fraction of sp³-hybridized carbons (Fsp3) is 0.208. The van der Waals surface area contributed by atoms with Crippen LogP contribution in [0.25, 0.3) is 11.1 Å². The molecule has 0 N–H and O–H groups in total. The van der Waals surface area contributed by atoms with Gasteiger partial charge in [-0.2, -0.15) is 0 Å². The molecule has 0 bridgehead atoms. The SMILES string of the molecule is CC(Cc1nc2ccccc2o1)(c1ccccc1)[Si](C)(C)c1ccccc1. The smallest absolute Gasteiger partial charge is 0.196 e. The van der Waals surface area contributed by atoms with Crippen LogP contribution >= 0.6 is 0 Å². The van der Waals surface area contributed by atoms with Crippen molar-refractivity contribution >= 4 is 24.4 Å². The average molecular weight is 372 g/mol. The van der Waals surface area contributed by atoms with E-state index in [4.69, 9.17) is 9.40 Å². The lowest BCUT2D eigenvalue weighted by molar-refractivity contribution is 0.481. The molecule has 2 nitrogen and oxygen atoms in total. The number of nitrogens with zero attached hydrogens (tertiary/aromatic N) is 1. The molecule has 0 amide bonds. The number of hydrogen-bond donors (Lipinski definition) is 0. The molecule has 1 unspecified atom stereocenters. The van der Waals surface area contributed by atoms with Gasteiger partial charge in [-0.1, -0.05) is 98.0 Å². The Kier molecular flexibility index (Phi) is 4.48. The van der Waals surface area contributed by atoms with Gasteiger partial charge in [0.15, 0.2) is 11.5 Å². The molecule has 27 heavy (non-hydrogen) atoms. The van der Waals surface area contributed by atoms with E-state index in [0.29, 0.717) is 0 Å². The van der Waals surface area contributed by atoms with Crippen molar-refractivity contribution in [3.8, 4) is 0 Å². The van der Waals surface area contributed by atoms with Crippen molar-refractivity contribution < 1.29 is 4.42 Å². The standard InChI is InChI=1S/C24H25NOSi/c1-24(19-12-6-4-7-13-19,27(2,3)20-14-8-5-9-15-20)18-23-25-21-16-10-11-17-22(21)26-23/h4-17H,18H2,1-3H3. The van der Waals surface area contributed by atoms with E-state index in [2.05, 4.69) is 80.7 Å². The molecule has 136 valence electrons. The Bertz CT molecular complexity index is 1010. The topological polar surface area (TPSA) is 26.0 Å². The Labute approximate surface area is 161 Å². The van der Waals surface area contributed by atoms with Gasteiger partial charge in [-0.25, -0.2) is 4.98 Å². The van der Waals surface area contributed by atoms with Gasteiger partial charge in [0.05, 0.1) is 8.07 Å². The molecule has 1 heterocycles. The summed E-state index contributed by atoms with van der Waals surface area (Å²) in [5.41, 5.74) is 3.15. The zero-order chi connectivity index (χ0) is 18.9. The van der Waals surface area contributed by atoms with Crippen molar-refractivity contribution in [3.05, 3.63) is 96.4 Å². The fourth-order valence-electron chi connectivity index (χ4n) is 3.96. The first-order valence-electron chi connectivity index (χ1n) is 9.46. The zero-order valence-corrected chi connectivity index (χ0v) is 17.1. The third-order valence-electron chi connectivity index (χ3n) is 6.13. The van der Waals surface area contributed by atoms with E-state index in [-0.39, 0.29) is 5.04 Å². The largest absolute Gasteiger partial charge is 0.441 e. The lowest BCUT2D eigenvalue weighted by atomic mass is 9.96. The molecule has 3 heteroatoms. The maximum atomic E-state index is 6.13. The van der Waals surface area contributed by atoms with Crippen LogP contribution in [-0.4, -0.2) is 13.1 Å². The highest BCUT2D eigenvalue weighted by Gasteiger charge is 2.46. The molecule has 0 saturated heterocycles. The van der Waals surface area contributed by atoms with Crippen LogP contribution in [0.15, 0.2) is 89.3 Å². The van der Waals surface area contributed by atoms with Crippen LogP contribution in [0.3, 0.4) is 0 Å². The minimum atomic E-state index is -1.91. The summed E-state index contributed by atoms with van der Waals surface area (Å²) in [6.45, 7) is 7.30. The normalized spacial score (nSPS) is 14.2. The molecule has 0 aliphatic heterocycles. The number of benzene rings is 3. The maximum absolute atomic E-state index is 6.13. The van der Waals surface area contributed by atoms with Crippen molar-refractivity contribution in [2.24, 2.45) is 0 Å². The van der Waals surface area contributed by atoms with Gasteiger partial charge >= 0.3 is 0 Å². The molecule has 0 saturated carbocycles. The minimum Gasteiger partial charge on any atom is -0.441 e. The molecule has 0 spiro atoms. The fourth-order valence-corrected chi connectivity index (χ4v) is 7.11. The van der Waals surface area contributed by atoms with E-state index >= 15 is 0 Å². The highest BCUT2D eigenvalue weighted by Crippen LogP contribution is 2.37. The molecule has 0 aliphatic rings. The molecule has 1 aromatic heterocycles. The van der Waals surface area contributed by atoms with Crippen LogP contribution in [-0.2, 0) is 11.5 Å². The number of para-hydroxylation sites is 2. The zero-order valence-electron chi connectivity index (χ0n) is 16.1. The Morgan fingerprint density at radius 3 is 2.07 bits per heavy atom. The Hall–Kier alpha value is -2.65. The van der Waals surface area contributed by atoms with Crippen LogP contribution in [0.4, 0.5) is 0 Å². The van der Waals surface area contributed by atoms with E-state index in [1.165, 1.54) is 10.8 Å². The van der Waals surface area contributed by atoms with E-state index in [1.807, 2.05) is 24.3 Å². The van der Waals surface area contributed by atoms with Crippen molar-refractivity contribution in [3.63, 3.8) is 0 Å². The number of rotatable bonds is 5. The number of hydrogen-bond acceptors (Lipinski definition) is 2. The summed E-state index contributed by atoms with van der Waals surface area (Å²) in [5.74, 6) is 0.819. The predicted octanol–water partition coefficient (Wildman–Crippen LogP) is 5.48. The monoisotopic (exact) mass is 371 g/mol. The lowest BCUT2D eigenvalue weighted by Crippen LogP contribution is -2.59. The van der Waals surface area contributed by atoms with Gasteiger partial charge < -0.3 is 4.42 Å². The molecule has 4 aromatic rings. The Balaban J connectivity index is 1.83. The van der Waals surface area contributed by atoms with Crippen molar-refractivity contribution in [1.29, 1.82) is 0 Å². The van der Waals surface area contributed by atoms with Crippen molar-refractivity contribution in [2.45, 2.75) is 31.5 Å². The Morgan fingerprint density at radius 1 is 0.815 bits per heavy atom. The third kappa shape index (κ3) is 3.13. The Morgan fingerprint density at radius 2 is 1.41 bits per heavy atom. The van der Waals surface area contributed by atoms with Gasteiger partial charge in [0.1, 0.15) is 5.52 Å². The summed E-state index contributed by atoms with van der Waals surface area (Å²) in [4.78, 5) is 4.79. The first-order chi connectivity index (χ1) is 13.0. The molecule has 3 aromatic carbocycles. The summed E-state index contributed by atoms with van der Waals surface area (Å²) in [5, 5.41) is 1.41. The van der Waals surface area contributed by atoms with E-state index in [0.717, 1.165) is 23.4 Å². The second-order valence-electron chi connectivity index (χ2n) is 7.94.